The van der Waals surface area contributed by atoms with Crippen LogP contribution in [0.3, 0.4) is 0 Å². The zero-order valence-electron chi connectivity index (χ0n) is 10.7. The highest BCUT2D eigenvalue weighted by atomic mass is 32.2. The van der Waals surface area contributed by atoms with Crippen LogP contribution in [0.5, 0.6) is 0 Å². The monoisotopic (exact) mass is 268 g/mol. The van der Waals surface area contributed by atoms with Crippen LogP contribution in [0.25, 0.3) is 0 Å². The average molecular weight is 268 g/mol. The van der Waals surface area contributed by atoms with E-state index >= 15 is 0 Å². The minimum atomic E-state index is -3.47. The van der Waals surface area contributed by atoms with Crippen LogP contribution in [0.1, 0.15) is 6.92 Å². The van der Waals surface area contributed by atoms with E-state index in [1.54, 1.807) is 0 Å². The van der Waals surface area contributed by atoms with Gasteiger partial charge in [-0.3, -0.25) is 0 Å². The molecule has 0 fully saturated rings. The van der Waals surface area contributed by atoms with Crippen LogP contribution in [-0.4, -0.2) is 14.7 Å². The van der Waals surface area contributed by atoms with E-state index in [9.17, 15) is 12.8 Å². The topological polar surface area (TPSA) is 34.1 Å². The Hall–Kier alpha value is -1.68. The van der Waals surface area contributed by atoms with Crippen molar-refractivity contribution in [2.24, 2.45) is 0 Å². The van der Waals surface area contributed by atoms with Crippen molar-refractivity contribution in [2.45, 2.75) is 6.92 Å². The predicted molar refractivity (Wildman–Crippen MR) is 75.4 cm³/mol. The molecular weight excluding hydrogens is 251 g/mol. The first kappa shape index (κ1) is 16.3. The van der Waals surface area contributed by atoms with Gasteiger partial charge < -0.3 is 0 Å². The van der Waals surface area contributed by atoms with Crippen molar-refractivity contribution in [3.05, 3.63) is 72.0 Å². The van der Waals surface area contributed by atoms with Crippen LogP contribution in [0.2, 0.25) is 0 Å². The Morgan fingerprint density at radius 3 is 2.06 bits per heavy atom. The predicted octanol–water partition coefficient (Wildman–Crippen LogP) is 3.64. The summed E-state index contributed by atoms with van der Waals surface area (Å²) in [5.41, 5.74) is 0.542. The molecule has 0 aromatic carbocycles. The van der Waals surface area contributed by atoms with Gasteiger partial charge in [-0.05, 0) is 35.8 Å². The Morgan fingerprint density at radius 1 is 1.22 bits per heavy atom. The smallest absolute Gasteiger partial charge is 0.176 e. The van der Waals surface area contributed by atoms with Gasteiger partial charge in [-0.1, -0.05) is 32.4 Å². The van der Waals surface area contributed by atoms with Gasteiger partial charge in [-0.25, -0.2) is 12.8 Å². The Morgan fingerprint density at radius 2 is 1.72 bits per heavy atom. The second-order valence-corrected chi connectivity index (χ2v) is 5.80. The zero-order chi connectivity index (χ0) is 14.5. The summed E-state index contributed by atoms with van der Waals surface area (Å²) in [5.74, 6) is -0.562. The summed E-state index contributed by atoms with van der Waals surface area (Å²) in [6, 6.07) is 0. The lowest BCUT2D eigenvalue weighted by Crippen LogP contribution is -2.04. The van der Waals surface area contributed by atoms with Crippen LogP contribution in [0, 0.1) is 0 Å². The quantitative estimate of drug-likeness (QED) is 0.689. The van der Waals surface area contributed by atoms with E-state index in [4.69, 9.17) is 0 Å². The molecule has 0 amide bonds. The summed E-state index contributed by atoms with van der Waals surface area (Å²) in [6.07, 6.45) is 4.77. The van der Waals surface area contributed by atoms with Gasteiger partial charge in [0.05, 0.1) is 4.91 Å². The molecule has 0 saturated heterocycles. The molecule has 0 aliphatic carbocycles. The van der Waals surface area contributed by atoms with Crippen molar-refractivity contribution in [1.82, 2.24) is 0 Å². The van der Waals surface area contributed by atoms with Crippen LogP contribution in [0.4, 0.5) is 4.39 Å². The third-order valence-corrected chi connectivity index (χ3v) is 3.24. The van der Waals surface area contributed by atoms with Gasteiger partial charge in [0.15, 0.2) is 9.84 Å². The lowest BCUT2D eigenvalue weighted by molar-refractivity contribution is 0.608. The lowest BCUT2D eigenvalue weighted by atomic mass is 10.1. The van der Waals surface area contributed by atoms with Gasteiger partial charge in [0.25, 0.3) is 0 Å². The number of allylic oxidation sites excluding steroid dienone is 7. The highest BCUT2D eigenvalue weighted by Crippen LogP contribution is 2.24. The third kappa shape index (κ3) is 4.67. The van der Waals surface area contributed by atoms with Crippen molar-refractivity contribution < 1.29 is 12.8 Å². The first-order chi connectivity index (χ1) is 8.11. The number of rotatable bonds is 6. The number of hydrogen-bond acceptors (Lipinski definition) is 2. The molecular formula is C14H17FO2S. The van der Waals surface area contributed by atoms with Gasteiger partial charge in [-0.15, -0.1) is 0 Å². The standard InChI is InChI=1S/C14H17FO2S/c1-7-8-14(18(6,16)17)12(5)11(4)9-13(15)10(2)3/h7-9H,1-2,4-5H2,3,6H3/b13-9+,14-8+. The molecule has 0 aliphatic rings. The maximum Gasteiger partial charge on any atom is 0.176 e. The van der Waals surface area contributed by atoms with E-state index in [0.29, 0.717) is 0 Å². The van der Waals surface area contributed by atoms with Gasteiger partial charge in [0.1, 0.15) is 5.83 Å². The Balaban J connectivity index is 5.47. The van der Waals surface area contributed by atoms with Gasteiger partial charge in [0.2, 0.25) is 0 Å². The summed E-state index contributed by atoms with van der Waals surface area (Å²) < 4.78 is 36.4. The summed E-state index contributed by atoms with van der Waals surface area (Å²) in [7, 11) is -3.47. The Kier molecular flexibility index (Phi) is 5.72. The lowest BCUT2D eigenvalue weighted by Gasteiger charge is -2.09. The molecule has 0 bridgehead atoms. The molecule has 4 heteroatoms. The molecule has 0 unspecified atom stereocenters. The van der Waals surface area contributed by atoms with Crippen molar-refractivity contribution >= 4 is 9.84 Å². The van der Waals surface area contributed by atoms with Crippen molar-refractivity contribution in [1.29, 1.82) is 0 Å². The first-order valence-electron chi connectivity index (χ1n) is 5.05. The first-order valence-corrected chi connectivity index (χ1v) is 6.94. The molecule has 98 valence electrons. The van der Waals surface area contributed by atoms with E-state index in [0.717, 1.165) is 12.3 Å². The molecule has 0 N–H and O–H groups in total. The number of sulfone groups is 1. The van der Waals surface area contributed by atoms with Crippen LogP contribution < -0.4 is 0 Å². The van der Waals surface area contributed by atoms with Crippen molar-refractivity contribution in [3.63, 3.8) is 0 Å². The van der Waals surface area contributed by atoms with Gasteiger partial charge in [0, 0.05) is 6.26 Å². The van der Waals surface area contributed by atoms with Gasteiger partial charge >= 0.3 is 0 Å². The maximum atomic E-state index is 13.4. The molecule has 0 heterocycles. The minimum absolute atomic E-state index is 0.0340. The molecule has 0 rings (SSSR count). The molecule has 0 aliphatic heterocycles. The summed E-state index contributed by atoms with van der Waals surface area (Å²) >= 11 is 0. The molecule has 0 aromatic rings. The van der Waals surface area contributed by atoms with E-state index < -0.39 is 15.7 Å². The average Bonchev–Trinajstić information content (AvgIpc) is 2.22. The SMILES string of the molecule is C=C/C=C(\C(=C)C(=C)/C=C(/F)C(=C)C)S(C)(=O)=O. The van der Waals surface area contributed by atoms with E-state index in [1.807, 2.05) is 0 Å². The summed E-state index contributed by atoms with van der Waals surface area (Å²) in [5, 5.41) is 0. The number of halogens is 1. The molecule has 0 saturated carbocycles. The fourth-order valence-corrected chi connectivity index (χ4v) is 2.00. The van der Waals surface area contributed by atoms with Crippen molar-refractivity contribution in [3.8, 4) is 0 Å². The maximum absolute atomic E-state index is 13.4. The Labute approximate surface area is 108 Å². The largest absolute Gasteiger partial charge is 0.224 e. The number of hydrogen-bond donors (Lipinski definition) is 0. The fourth-order valence-electron chi connectivity index (χ4n) is 1.08. The molecule has 18 heavy (non-hydrogen) atoms. The van der Waals surface area contributed by atoms with Gasteiger partial charge in [-0.2, -0.15) is 0 Å². The molecule has 0 spiro atoms. The highest BCUT2D eigenvalue weighted by molar-refractivity contribution is 7.94. The summed E-state index contributed by atoms with van der Waals surface area (Å²) in [6.45, 7) is 15.6. The molecule has 0 radical (unpaired) electrons. The molecule has 0 atom stereocenters. The minimum Gasteiger partial charge on any atom is -0.224 e. The van der Waals surface area contributed by atoms with Crippen LogP contribution in [-0.2, 0) is 9.84 Å². The van der Waals surface area contributed by atoms with Crippen molar-refractivity contribution in [2.75, 3.05) is 6.26 Å². The fraction of sp³-hybridized carbons (Fsp3) is 0.143. The normalized spacial score (nSPS) is 13.1. The second-order valence-electron chi connectivity index (χ2n) is 3.82. The van der Waals surface area contributed by atoms with Crippen LogP contribution in [0.15, 0.2) is 72.0 Å². The van der Waals surface area contributed by atoms with E-state index in [1.165, 1.54) is 19.1 Å². The molecule has 2 nitrogen and oxygen atoms in total. The molecule has 0 aromatic heterocycles. The highest BCUT2D eigenvalue weighted by Gasteiger charge is 2.16. The van der Waals surface area contributed by atoms with E-state index in [-0.39, 0.29) is 21.6 Å². The zero-order valence-corrected chi connectivity index (χ0v) is 11.5. The van der Waals surface area contributed by atoms with Crippen LogP contribution >= 0.6 is 0 Å². The second kappa shape index (κ2) is 6.31. The summed E-state index contributed by atoms with van der Waals surface area (Å²) in [4.78, 5) is -0.0340. The van der Waals surface area contributed by atoms with E-state index in [2.05, 4.69) is 26.3 Å². The third-order valence-electron chi connectivity index (χ3n) is 2.06. The Bertz CT molecular complexity index is 561.